The first-order chi connectivity index (χ1) is 11.2. The molecule has 0 unspecified atom stereocenters. The molecule has 0 bridgehead atoms. The third-order valence-corrected chi connectivity index (χ3v) is 3.79. The molecule has 0 aliphatic carbocycles. The van der Waals surface area contributed by atoms with Crippen molar-refractivity contribution in [2.75, 3.05) is 26.2 Å². The molecule has 2 N–H and O–H groups in total. The Morgan fingerprint density at radius 1 is 1.17 bits per heavy atom. The van der Waals surface area contributed by atoms with Crippen LogP contribution >= 0.6 is 24.0 Å². The SMILES string of the molecule is CCNC(=NCc1ccc(F)cc1)NCC(=O)N1CCCCC1.I. The van der Waals surface area contributed by atoms with Gasteiger partial charge in [0.2, 0.25) is 5.91 Å². The average Bonchev–Trinajstić information content (AvgIpc) is 2.59. The standard InChI is InChI=1S/C17H25FN4O.HI/c1-2-19-17(20-12-14-6-8-15(18)9-7-14)21-13-16(23)22-10-4-3-5-11-22;/h6-9H,2-5,10-13H2,1H3,(H2,19,20,21);1H. The molecule has 7 heteroatoms. The topological polar surface area (TPSA) is 56.7 Å². The van der Waals surface area contributed by atoms with Crippen molar-refractivity contribution in [1.82, 2.24) is 15.5 Å². The Bertz CT molecular complexity index is 530. The molecule has 1 aliphatic heterocycles. The number of carbonyl (C=O) groups excluding carboxylic acids is 1. The van der Waals surface area contributed by atoms with Crippen LogP contribution in [0, 0.1) is 5.82 Å². The van der Waals surface area contributed by atoms with E-state index in [4.69, 9.17) is 0 Å². The number of carbonyl (C=O) groups is 1. The minimum atomic E-state index is -0.255. The maximum atomic E-state index is 12.9. The number of rotatable bonds is 5. The van der Waals surface area contributed by atoms with Gasteiger partial charge in [-0.25, -0.2) is 9.38 Å². The molecule has 1 saturated heterocycles. The summed E-state index contributed by atoms with van der Waals surface area (Å²) >= 11 is 0. The van der Waals surface area contributed by atoms with Crippen LogP contribution in [0.5, 0.6) is 0 Å². The smallest absolute Gasteiger partial charge is 0.241 e. The Balaban J connectivity index is 0.00000288. The summed E-state index contributed by atoms with van der Waals surface area (Å²) in [6.07, 6.45) is 3.38. The van der Waals surface area contributed by atoms with E-state index < -0.39 is 0 Å². The number of piperidine rings is 1. The number of aliphatic imine (C=N–C) groups is 1. The third kappa shape index (κ3) is 7.02. The zero-order valence-corrected chi connectivity index (χ0v) is 16.4. The van der Waals surface area contributed by atoms with Gasteiger partial charge < -0.3 is 15.5 Å². The first-order valence-corrected chi connectivity index (χ1v) is 8.23. The summed E-state index contributed by atoms with van der Waals surface area (Å²) in [5.74, 6) is 0.453. The maximum Gasteiger partial charge on any atom is 0.241 e. The molecule has 0 radical (unpaired) electrons. The summed E-state index contributed by atoms with van der Waals surface area (Å²) in [5.41, 5.74) is 0.922. The van der Waals surface area contributed by atoms with Gasteiger partial charge >= 0.3 is 0 Å². The Hall–Kier alpha value is -1.38. The molecule has 24 heavy (non-hydrogen) atoms. The van der Waals surface area contributed by atoms with Crippen LogP contribution in [0.1, 0.15) is 31.7 Å². The molecular formula is C17H26FIN4O. The van der Waals surface area contributed by atoms with Gasteiger partial charge in [-0.2, -0.15) is 0 Å². The van der Waals surface area contributed by atoms with E-state index >= 15 is 0 Å². The lowest BCUT2D eigenvalue weighted by atomic mass is 10.1. The lowest BCUT2D eigenvalue weighted by Gasteiger charge is -2.27. The average molecular weight is 448 g/mol. The van der Waals surface area contributed by atoms with Crippen LogP contribution in [0.4, 0.5) is 4.39 Å². The number of hydrogen-bond acceptors (Lipinski definition) is 2. The summed E-state index contributed by atoms with van der Waals surface area (Å²) in [4.78, 5) is 18.5. The summed E-state index contributed by atoms with van der Waals surface area (Å²) < 4.78 is 12.9. The van der Waals surface area contributed by atoms with Crippen molar-refractivity contribution in [3.63, 3.8) is 0 Å². The molecule has 1 aromatic rings. The molecule has 1 heterocycles. The Morgan fingerprint density at radius 3 is 2.46 bits per heavy atom. The molecule has 0 spiro atoms. The van der Waals surface area contributed by atoms with Crippen LogP contribution in [-0.4, -0.2) is 42.9 Å². The van der Waals surface area contributed by atoms with Gasteiger partial charge in [0.25, 0.3) is 0 Å². The van der Waals surface area contributed by atoms with E-state index in [2.05, 4.69) is 15.6 Å². The molecule has 0 atom stereocenters. The van der Waals surface area contributed by atoms with Gasteiger partial charge in [0, 0.05) is 19.6 Å². The van der Waals surface area contributed by atoms with Crippen molar-refractivity contribution in [2.24, 2.45) is 4.99 Å². The molecule has 134 valence electrons. The number of nitrogens with one attached hydrogen (secondary N) is 2. The van der Waals surface area contributed by atoms with Gasteiger partial charge in [0.15, 0.2) is 5.96 Å². The molecule has 0 aromatic heterocycles. The minimum Gasteiger partial charge on any atom is -0.357 e. The number of nitrogens with zero attached hydrogens (tertiary/aromatic N) is 2. The van der Waals surface area contributed by atoms with E-state index in [-0.39, 0.29) is 42.2 Å². The monoisotopic (exact) mass is 448 g/mol. The molecule has 5 nitrogen and oxygen atoms in total. The summed E-state index contributed by atoms with van der Waals surface area (Å²) in [5, 5.41) is 6.19. The van der Waals surface area contributed by atoms with Gasteiger partial charge in [-0.3, -0.25) is 4.79 Å². The van der Waals surface area contributed by atoms with Crippen molar-refractivity contribution in [3.8, 4) is 0 Å². The molecule has 1 amide bonds. The van der Waals surface area contributed by atoms with Gasteiger partial charge in [-0.05, 0) is 43.9 Å². The van der Waals surface area contributed by atoms with Crippen LogP contribution in [0.2, 0.25) is 0 Å². The van der Waals surface area contributed by atoms with Crippen molar-refractivity contribution in [1.29, 1.82) is 0 Å². The number of guanidine groups is 1. The summed E-state index contributed by atoms with van der Waals surface area (Å²) in [6, 6.07) is 6.26. The van der Waals surface area contributed by atoms with Crippen molar-refractivity contribution in [2.45, 2.75) is 32.7 Å². The van der Waals surface area contributed by atoms with Gasteiger partial charge in [0.1, 0.15) is 5.82 Å². The second kappa shape index (κ2) is 11.2. The van der Waals surface area contributed by atoms with Crippen LogP contribution in [0.25, 0.3) is 0 Å². The Kier molecular flexibility index (Phi) is 9.66. The zero-order valence-electron chi connectivity index (χ0n) is 14.1. The third-order valence-electron chi connectivity index (χ3n) is 3.79. The molecule has 2 rings (SSSR count). The van der Waals surface area contributed by atoms with E-state index in [1.807, 2.05) is 11.8 Å². The number of benzene rings is 1. The lowest BCUT2D eigenvalue weighted by Crippen LogP contribution is -2.46. The number of amides is 1. The van der Waals surface area contributed by atoms with E-state index in [1.165, 1.54) is 18.6 Å². The highest BCUT2D eigenvalue weighted by Gasteiger charge is 2.16. The summed E-state index contributed by atoms with van der Waals surface area (Å²) in [7, 11) is 0. The highest BCUT2D eigenvalue weighted by atomic mass is 127. The fourth-order valence-corrected chi connectivity index (χ4v) is 2.52. The fourth-order valence-electron chi connectivity index (χ4n) is 2.52. The predicted molar refractivity (Wildman–Crippen MR) is 105 cm³/mol. The maximum absolute atomic E-state index is 12.9. The number of halogens is 2. The molecule has 1 fully saturated rings. The molecular weight excluding hydrogens is 422 g/mol. The molecule has 1 aromatic carbocycles. The van der Waals surface area contributed by atoms with E-state index in [0.29, 0.717) is 19.0 Å². The highest BCUT2D eigenvalue weighted by molar-refractivity contribution is 14.0. The molecule has 0 saturated carbocycles. The first-order valence-electron chi connectivity index (χ1n) is 8.23. The van der Waals surface area contributed by atoms with Crippen LogP contribution in [0.15, 0.2) is 29.3 Å². The molecule has 1 aliphatic rings. The van der Waals surface area contributed by atoms with E-state index in [9.17, 15) is 9.18 Å². The van der Waals surface area contributed by atoms with Crippen molar-refractivity contribution < 1.29 is 9.18 Å². The van der Waals surface area contributed by atoms with Gasteiger partial charge in [-0.15, -0.1) is 24.0 Å². The largest absolute Gasteiger partial charge is 0.357 e. The Labute approximate surface area is 160 Å². The normalized spacial score (nSPS) is 14.8. The summed E-state index contributed by atoms with van der Waals surface area (Å²) in [6.45, 7) is 5.07. The number of likely N-dealkylation sites (tertiary alicyclic amines) is 1. The van der Waals surface area contributed by atoms with Crippen molar-refractivity contribution >= 4 is 35.8 Å². The van der Waals surface area contributed by atoms with Crippen LogP contribution in [0.3, 0.4) is 0 Å². The second-order valence-corrected chi connectivity index (χ2v) is 5.62. The van der Waals surface area contributed by atoms with E-state index in [1.54, 1.807) is 12.1 Å². The van der Waals surface area contributed by atoms with Gasteiger partial charge in [-0.1, -0.05) is 12.1 Å². The number of hydrogen-bond donors (Lipinski definition) is 2. The first kappa shape index (κ1) is 20.7. The zero-order chi connectivity index (χ0) is 16.5. The predicted octanol–water partition coefficient (Wildman–Crippen LogP) is 2.51. The lowest BCUT2D eigenvalue weighted by molar-refractivity contribution is -0.130. The van der Waals surface area contributed by atoms with Gasteiger partial charge in [0.05, 0.1) is 13.1 Å². The minimum absolute atomic E-state index is 0. The fraction of sp³-hybridized carbons (Fsp3) is 0.529. The Morgan fingerprint density at radius 2 is 1.83 bits per heavy atom. The van der Waals surface area contributed by atoms with Crippen LogP contribution in [-0.2, 0) is 11.3 Å². The van der Waals surface area contributed by atoms with E-state index in [0.717, 1.165) is 31.5 Å². The highest BCUT2D eigenvalue weighted by Crippen LogP contribution is 2.08. The second-order valence-electron chi connectivity index (χ2n) is 5.62. The quantitative estimate of drug-likeness (QED) is 0.414. The van der Waals surface area contributed by atoms with Crippen LogP contribution < -0.4 is 10.6 Å². The van der Waals surface area contributed by atoms with Crippen molar-refractivity contribution in [3.05, 3.63) is 35.6 Å².